The van der Waals surface area contributed by atoms with Crippen LogP contribution in [0.3, 0.4) is 0 Å². The SMILES string of the molecule is COc1ccc(NC(=O)Cn2[nH]c(=O)c3ccccc3c2=O)cc1S(=O)(=O)Nc1cc(C)ccc1Br. The molecule has 0 fully saturated rings. The number of nitrogens with one attached hydrogen (secondary N) is 3. The Morgan fingerprint density at radius 1 is 1.06 bits per heavy atom. The Kier molecular flexibility index (Phi) is 7.00. The van der Waals surface area contributed by atoms with Gasteiger partial charge < -0.3 is 10.1 Å². The number of nitrogens with zero attached hydrogens (tertiary/aromatic N) is 1. The van der Waals surface area contributed by atoms with Crippen molar-refractivity contribution in [3.63, 3.8) is 0 Å². The molecule has 0 saturated heterocycles. The summed E-state index contributed by atoms with van der Waals surface area (Å²) in [6.45, 7) is 1.34. The molecule has 0 radical (unpaired) electrons. The molecular formula is C24H21BrN4O6S. The van der Waals surface area contributed by atoms with Crippen LogP contribution in [0.2, 0.25) is 0 Å². The van der Waals surface area contributed by atoms with Gasteiger partial charge in [0.1, 0.15) is 17.2 Å². The number of fused-ring (bicyclic) bond motifs is 1. The molecule has 1 heterocycles. The number of sulfonamides is 1. The van der Waals surface area contributed by atoms with E-state index in [2.05, 4.69) is 31.1 Å². The van der Waals surface area contributed by atoms with E-state index in [0.717, 1.165) is 10.2 Å². The van der Waals surface area contributed by atoms with Crippen molar-refractivity contribution in [2.45, 2.75) is 18.4 Å². The van der Waals surface area contributed by atoms with Gasteiger partial charge in [0.15, 0.2) is 0 Å². The Hall–Kier alpha value is -3.90. The highest BCUT2D eigenvalue weighted by atomic mass is 79.9. The van der Waals surface area contributed by atoms with Crippen molar-refractivity contribution >= 4 is 54.0 Å². The van der Waals surface area contributed by atoms with Crippen LogP contribution in [0.1, 0.15) is 5.56 Å². The summed E-state index contributed by atoms with van der Waals surface area (Å²) in [5.41, 5.74) is 0.299. The van der Waals surface area contributed by atoms with E-state index in [0.29, 0.717) is 10.2 Å². The van der Waals surface area contributed by atoms with Crippen LogP contribution in [-0.4, -0.2) is 31.2 Å². The van der Waals surface area contributed by atoms with Gasteiger partial charge in [-0.3, -0.25) is 24.2 Å². The van der Waals surface area contributed by atoms with Crippen molar-refractivity contribution in [2.24, 2.45) is 0 Å². The number of aromatic nitrogens is 2. The molecule has 0 aliphatic heterocycles. The number of H-pyrrole nitrogens is 1. The highest BCUT2D eigenvalue weighted by molar-refractivity contribution is 9.10. The maximum absolute atomic E-state index is 13.2. The van der Waals surface area contributed by atoms with Gasteiger partial charge in [-0.05, 0) is 70.9 Å². The number of hydrogen-bond acceptors (Lipinski definition) is 6. The average molecular weight is 573 g/mol. The van der Waals surface area contributed by atoms with Crippen LogP contribution in [0.5, 0.6) is 5.75 Å². The first-order valence-electron chi connectivity index (χ1n) is 10.6. The van der Waals surface area contributed by atoms with E-state index in [4.69, 9.17) is 4.74 Å². The summed E-state index contributed by atoms with van der Waals surface area (Å²) in [5.74, 6) is -0.578. The highest BCUT2D eigenvalue weighted by Gasteiger charge is 2.22. The van der Waals surface area contributed by atoms with Gasteiger partial charge in [0.05, 0.1) is 23.6 Å². The van der Waals surface area contributed by atoms with Crippen molar-refractivity contribution in [3.8, 4) is 5.75 Å². The lowest BCUT2D eigenvalue weighted by atomic mass is 10.2. The van der Waals surface area contributed by atoms with Gasteiger partial charge in [0, 0.05) is 10.2 Å². The number of benzene rings is 3. The number of aryl methyl sites for hydroxylation is 1. The van der Waals surface area contributed by atoms with E-state index in [9.17, 15) is 22.8 Å². The molecule has 0 spiro atoms. The number of rotatable bonds is 7. The number of amides is 1. The molecule has 3 aromatic carbocycles. The zero-order valence-corrected chi connectivity index (χ0v) is 21.6. The lowest BCUT2D eigenvalue weighted by Gasteiger charge is -2.15. The third-order valence-corrected chi connectivity index (χ3v) is 7.37. The Balaban J connectivity index is 1.61. The van der Waals surface area contributed by atoms with Gasteiger partial charge in [-0.1, -0.05) is 18.2 Å². The van der Waals surface area contributed by atoms with E-state index >= 15 is 0 Å². The molecule has 3 N–H and O–H groups in total. The van der Waals surface area contributed by atoms with Crippen LogP contribution in [0.4, 0.5) is 11.4 Å². The first-order valence-corrected chi connectivity index (χ1v) is 12.9. The number of carbonyl (C=O) groups is 1. The molecule has 4 aromatic rings. The monoisotopic (exact) mass is 572 g/mol. The maximum atomic E-state index is 13.2. The number of ether oxygens (including phenoxy) is 1. The van der Waals surface area contributed by atoms with Crippen molar-refractivity contribution in [3.05, 3.63) is 91.4 Å². The molecule has 0 unspecified atom stereocenters. The van der Waals surface area contributed by atoms with Crippen molar-refractivity contribution in [1.29, 1.82) is 0 Å². The van der Waals surface area contributed by atoms with Gasteiger partial charge in [-0.2, -0.15) is 0 Å². The largest absolute Gasteiger partial charge is 0.495 e. The lowest BCUT2D eigenvalue weighted by Crippen LogP contribution is -2.34. The number of hydrogen-bond donors (Lipinski definition) is 3. The minimum atomic E-state index is -4.11. The Labute approximate surface area is 214 Å². The first kappa shape index (κ1) is 25.2. The predicted molar refractivity (Wildman–Crippen MR) is 140 cm³/mol. The predicted octanol–water partition coefficient (Wildman–Crippen LogP) is 3.21. The summed E-state index contributed by atoms with van der Waals surface area (Å²) in [6.07, 6.45) is 0. The second-order valence-electron chi connectivity index (χ2n) is 7.88. The van der Waals surface area contributed by atoms with Crippen molar-refractivity contribution in [1.82, 2.24) is 9.78 Å². The molecule has 4 rings (SSSR count). The van der Waals surface area contributed by atoms with Gasteiger partial charge >= 0.3 is 0 Å². The molecule has 36 heavy (non-hydrogen) atoms. The van der Waals surface area contributed by atoms with Gasteiger partial charge in [0.25, 0.3) is 21.1 Å². The third-order valence-electron chi connectivity index (χ3n) is 5.29. The van der Waals surface area contributed by atoms with Crippen LogP contribution in [0.15, 0.2) is 79.6 Å². The quantitative estimate of drug-likeness (QED) is 0.310. The molecule has 1 amide bonds. The summed E-state index contributed by atoms with van der Waals surface area (Å²) in [6, 6.07) is 15.6. The summed E-state index contributed by atoms with van der Waals surface area (Å²) >= 11 is 3.33. The zero-order valence-electron chi connectivity index (χ0n) is 19.2. The normalized spacial score (nSPS) is 11.3. The fraction of sp³-hybridized carbons (Fsp3) is 0.125. The molecule has 0 atom stereocenters. The van der Waals surface area contributed by atoms with Crippen LogP contribution in [0, 0.1) is 6.92 Å². The molecule has 0 saturated carbocycles. The third kappa shape index (κ3) is 5.19. The van der Waals surface area contributed by atoms with Gasteiger partial charge in [0.2, 0.25) is 5.91 Å². The average Bonchev–Trinajstić information content (AvgIpc) is 2.84. The fourth-order valence-corrected chi connectivity index (χ4v) is 5.33. The number of carbonyl (C=O) groups excluding carboxylic acids is 1. The van der Waals surface area contributed by atoms with Crippen LogP contribution in [0.25, 0.3) is 10.8 Å². The van der Waals surface area contributed by atoms with Crippen LogP contribution >= 0.6 is 15.9 Å². The van der Waals surface area contributed by atoms with Crippen LogP contribution < -0.4 is 25.9 Å². The minimum Gasteiger partial charge on any atom is -0.495 e. The standard InChI is InChI=1S/C24H21BrN4O6S/c1-14-7-9-18(25)19(11-14)28-36(33,34)21-12-15(8-10-20(21)35-2)26-22(30)13-29-24(32)17-6-4-3-5-16(17)23(31)27-29/h3-12,28H,13H2,1-2H3,(H,26,30)(H,27,31). The summed E-state index contributed by atoms with van der Waals surface area (Å²) < 4.78 is 35.5. The molecular weight excluding hydrogens is 552 g/mol. The van der Waals surface area contributed by atoms with E-state index in [-0.39, 0.29) is 27.1 Å². The number of methoxy groups -OCH3 is 1. The number of halogens is 1. The van der Waals surface area contributed by atoms with E-state index in [1.807, 2.05) is 13.0 Å². The Morgan fingerprint density at radius 2 is 1.78 bits per heavy atom. The molecule has 1 aromatic heterocycles. The first-order chi connectivity index (χ1) is 17.1. The maximum Gasteiger partial charge on any atom is 0.273 e. The smallest absolute Gasteiger partial charge is 0.273 e. The lowest BCUT2D eigenvalue weighted by molar-refractivity contribution is -0.117. The summed E-state index contributed by atoms with van der Waals surface area (Å²) in [7, 11) is -2.78. The summed E-state index contributed by atoms with van der Waals surface area (Å²) in [5, 5.41) is 5.34. The molecule has 186 valence electrons. The van der Waals surface area contributed by atoms with E-state index < -0.39 is 33.6 Å². The Morgan fingerprint density at radius 3 is 2.50 bits per heavy atom. The minimum absolute atomic E-state index is 0.0688. The topological polar surface area (TPSA) is 139 Å². The van der Waals surface area contributed by atoms with Crippen molar-refractivity contribution in [2.75, 3.05) is 17.1 Å². The van der Waals surface area contributed by atoms with E-state index in [1.54, 1.807) is 24.3 Å². The second-order valence-corrected chi connectivity index (χ2v) is 10.4. The second kappa shape index (κ2) is 9.99. The highest BCUT2D eigenvalue weighted by Crippen LogP contribution is 2.31. The van der Waals surface area contributed by atoms with Crippen LogP contribution in [-0.2, 0) is 21.4 Å². The molecule has 12 heteroatoms. The number of anilines is 2. The van der Waals surface area contributed by atoms with E-state index in [1.165, 1.54) is 37.4 Å². The summed E-state index contributed by atoms with van der Waals surface area (Å²) in [4.78, 5) is 37.4. The fourth-order valence-electron chi connectivity index (χ4n) is 3.58. The molecule has 0 aliphatic rings. The van der Waals surface area contributed by atoms with Gasteiger partial charge in [-0.25, -0.2) is 13.1 Å². The number of aromatic amines is 1. The Bertz CT molecular complexity index is 1710. The van der Waals surface area contributed by atoms with Gasteiger partial charge in [-0.15, -0.1) is 0 Å². The zero-order chi connectivity index (χ0) is 26.0. The molecule has 10 nitrogen and oxygen atoms in total. The van der Waals surface area contributed by atoms with Crippen molar-refractivity contribution < 1.29 is 17.9 Å². The molecule has 0 aliphatic carbocycles. The molecule has 0 bridgehead atoms.